The zero-order valence-corrected chi connectivity index (χ0v) is 34.6. The van der Waals surface area contributed by atoms with Crippen molar-refractivity contribution in [2.75, 3.05) is 13.2 Å². The molecule has 14 heteroatoms. The normalized spacial score (nSPS) is 52.6. The molecule has 6 rings (SSSR count). The summed E-state index contributed by atoms with van der Waals surface area (Å²) in [6.07, 6.45) is -9.01. The molecule has 2 saturated heterocycles. The molecule has 14 nitrogen and oxygen atoms in total. The molecular formula is C42H72O14. The molecule has 4 aliphatic carbocycles. The van der Waals surface area contributed by atoms with Crippen LogP contribution in [0, 0.1) is 45.3 Å². The highest BCUT2D eigenvalue weighted by Gasteiger charge is 2.73. The van der Waals surface area contributed by atoms with Crippen molar-refractivity contribution in [2.45, 2.75) is 192 Å². The van der Waals surface area contributed by atoms with Crippen LogP contribution < -0.4 is 0 Å². The maximum Gasteiger partial charge on any atom is 0.187 e. The van der Waals surface area contributed by atoms with Crippen LogP contribution in [0.25, 0.3) is 0 Å². The largest absolute Gasteiger partial charge is 0.394 e. The highest BCUT2D eigenvalue weighted by Crippen LogP contribution is 2.76. The van der Waals surface area contributed by atoms with Gasteiger partial charge in [0.15, 0.2) is 12.6 Å². The van der Waals surface area contributed by atoms with Gasteiger partial charge >= 0.3 is 0 Å². The summed E-state index contributed by atoms with van der Waals surface area (Å²) in [5.41, 5.74) is -1.71. The molecule has 0 amide bonds. The number of ether oxygens (including phenoxy) is 4. The second-order valence-corrected chi connectivity index (χ2v) is 20.2. The summed E-state index contributed by atoms with van der Waals surface area (Å²) >= 11 is 0. The van der Waals surface area contributed by atoms with E-state index in [1.165, 1.54) is 0 Å². The van der Waals surface area contributed by atoms with Crippen LogP contribution in [0.2, 0.25) is 0 Å². The van der Waals surface area contributed by atoms with E-state index in [9.17, 15) is 51.1 Å². The van der Waals surface area contributed by atoms with Crippen molar-refractivity contribution in [3.63, 3.8) is 0 Å². The van der Waals surface area contributed by atoms with Crippen LogP contribution in [-0.2, 0) is 18.9 Å². The summed E-state index contributed by atoms with van der Waals surface area (Å²) in [6, 6.07) is 0. The van der Waals surface area contributed by atoms with Crippen molar-refractivity contribution in [3.05, 3.63) is 11.6 Å². The number of hydrogen-bond donors (Lipinski definition) is 10. The molecule has 2 aliphatic heterocycles. The van der Waals surface area contributed by atoms with E-state index in [1.807, 2.05) is 20.8 Å². The minimum absolute atomic E-state index is 0.0224. The van der Waals surface area contributed by atoms with Crippen LogP contribution in [0.4, 0.5) is 0 Å². The molecule has 56 heavy (non-hydrogen) atoms. The molecule has 0 aromatic rings. The Morgan fingerprint density at radius 2 is 1.30 bits per heavy atom. The lowest BCUT2D eigenvalue weighted by atomic mass is 9.34. The third kappa shape index (κ3) is 7.06. The number of allylic oxidation sites excluding steroid dienone is 2. The van der Waals surface area contributed by atoms with Gasteiger partial charge in [-0.1, -0.05) is 46.3 Å². The Hall–Kier alpha value is -0.820. The molecule has 6 aliphatic rings. The first-order valence-electron chi connectivity index (χ1n) is 21.0. The molecule has 2 heterocycles. The van der Waals surface area contributed by atoms with E-state index in [1.54, 1.807) is 0 Å². The fraction of sp³-hybridized carbons (Fsp3) is 0.952. The van der Waals surface area contributed by atoms with E-state index in [2.05, 4.69) is 40.7 Å². The highest BCUT2D eigenvalue weighted by atomic mass is 16.7. The zero-order chi connectivity index (χ0) is 41.5. The Bertz CT molecular complexity index is 1400. The lowest BCUT2D eigenvalue weighted by Crippen LogP contribution is -2.70. The van der Waals surface area contributed by atoms with Gasteiger partial charge in [-0.25, -0.2) is 0 Å². The Morgan fingerprint density at radius 1 is 0.732 bits per heavy atom. The molecule has 10 N–H and O–H groups in total. The van der Waals surface area contributed by atoms with Crippen LogP contribution in [0.1, 0.15) is 107 Å². The van der Waals surface area contributed by atoms with Gasteiger partial charge in [0.05, 0.1) is 37.1 Å². The van der Waals surface area contributed by atoms with Gasteiger partial charge in [0.25, 0.3) is 0 Å². The minimum Gasteiger partial charge on any atom is -0.394 e. The summed E-state index contributed by atoms with van der Waals surface area (Å²) in [5.74, 6) is -0.671. The Balaban J connectivity index is 1.29. The average molecular weight is 801 g/mol. The predicted octanol–water partition coefficient (Wildman–Crippen LogP) is 1.12. The van der Waals surface area contributed by atoms with E-state index in [4.69, 9.17) is 18.9 Å². The van der Waals surface area contributed by atoms with E-state index < -0.39 is 120 Å². The van der Waals surface area contributed by atoms with E-state index >= 15 is 0 Å². The van der Waals surface area contributed by atoms with Crippen LogP contribution in [0.15, 0.2) is 11.6 Å². The second kappa shape index (κ2) is 15.9. The SMILES string of the molecule is CC(C)=CCC[C@](C)(O[C@@H]1O[C@H](CO)[C@@H](O)[C@H](O)[C@H]1O)[C@H]1CC[C@]2(C)[C@@H]1[C@H](O)C[C@@H]1[C@@]3(C)CC[C@H](O[C@@H]4O[C@H](CO)[C@@H](O)[C@H](O)[C@H]4O)C(C)(C)[C@@H]3[C@@H](O)C[C@]12C. The Kier molecular flexibility index (Phi) is 12.7. The summed E-state index contributed by atoms with van der Waals surface area (Å²) < 4.78 is 24.8. The maximum atomic E-state index is 12.5. The molecule has 0 bridgehead atoms. The van der Waals surface area contributed by atoms with Crippen LogP contribution >= 0.6 is 0 Å². The van der Waals surface area contributed by atoms with Crippen molar-refractivity contribution >= 4 is 0 Å². The Morgan fingerprint density at radius 3 is 1.88 bits per heavy atom. The van der Waals surface area contributed by atoms with Gasteiger partial charge in [-0.05, 0) is 117 Å². The third-order valence-electron chi connectivity index (χ3n) is 16.6. The number of hydrogen-bond acceptors (Lipinski definition) is 14. The minimum atomic E-state index is -1.58. The molecule has 21 atom stereocenters. The topological polar surface area (TPSA) is 239 Å². The summed E-state index contributed by atoms with van der Waals surface area (Å²) in [6.45, 7) is 15.8. The lowest BCUT2D eigenvalue weighted by molar-refractivity contribution is -0.341. The molecular weight excluding hydrogens is 728 g/mol. The van der Waals surface area contributed by atoms with E-state index in [-0.39, 0.29) is 23.7 Å². The quantitative estimate of drug-likeness (QED) is 0.110. The molecule has 0 unspecified atom stereocenters. The molecule has 0 spiro atoms. The first-order chi connectivity index (χ1) is 26.0. The average Bonchev–Trinajstić information content (AvgIpc) is 3.51. The molecule has 0 aromatic heterocycles. The van der Waals surface area contributed by atoms with Gasteiger partial charge in [-0.15, -0.1) is 0 Å². The maximum absolute atomic E-state index is 12.5. The summed E-state index contributed by atoms with van der Waals surface area (Å²) in [7, 11) is 0. The molecule has 324 valence electrons. The summed E-state index contributed by atoms with van der Waals surface area (Å²) in [4.78, 5) is 0. The first-order valence-corrected chi connectivity index (χ1v) is 21.0. The van der Waals surface area contributed by atoms with Crippen molar-refractivity contribution in [1.82, 2.24) is 0 Å². The number of fused-ring (bicyclic) bond motifs is 5. The van der Waals surface area contributed by atoms with Crippen molar-refractivity contribution in [1.29, 1.82) is 0 Å². The molecule has 0 aromatic carbocycles. The standard InChI is InChI=1S/C42H72O14/c1-20(2)10-9-13-42(8,56-37-34(52)32(50)30(48)25(19-44)54-37)21-11-15-40(6)28(21)22(45)16-26-39(5)14-12-27(38(3,4)35(39)23(46)17-41(26,40)7)55-36-33(51)31(49)29(47)24(18-43)53-36/h10,21-37,43-52H,9,11-19H2,1-8H3/t21-,22+,23-,24+,25+,26+,27-,28-,29+,30+,31-,32-,33+,34+,35-,36-,37-,39+,40+,41+,42-/m0/s1. The van der Waals surface area contributed by atoms with Crippen LogP contribution in [0.3, 0.4) is 0 Å². The van der Waals surface area contributed by atoms with Crippen LogP contribution in [0.5, 0.6) is 0 Å². The second-order valence-electron chi connectivity index (χ2n) is 20.2. The van der Waals surface area contributed by atoms with Crippen molar-refractivity contribution in [3.8, 4) is 0 Å². The third-order valence-corrected chi connectivity index (χ3v) is 16.6. The van der Waals surface area contributed by atoms with Gasteiger partial charge in [0.1, 0.15) is 48.8 Å². The number of aliphatic hydroxyl groups is 10. The molecule has 0 radical (unpaired) electrons. The Labute approximate surface area is 331 Å². The van der Waals surface area contributed by atoms with E-state index in [0.717, 1.165) is 12.0 Å². The van der Waals surface area contributed by atoms with E-state index in [0.29, 0.717) is 44.9 Å². The lowest BCUT2D eigenvalue weighted by Gasteiger charge is -2.71. The van der Waals surface area contributed by atoms with Gasteiger partial charge in [-0.2, -0.15) is 0 Å². The molecule has 6 fully saturated rings. The number of aliphatic hydroxyl groups excluding tert-OH is 10. The fourth-order valence-electron chi connectivity index (χ4n) is 13.6. The van der Waals surface area contributed by atoms with Gasteiger partial charge in [0.2, 0.25) is 0 Å². The first kappa shape index (κ1) is 44.7. The number of rotatable bonds is 10. The highest BCUT2D eigenvalue weighted by molar-refractivity contribution is 5.22. The van der Waals surface area contributed by atoms with Gasteiger partial charge in [-0.3, -0.25) is 0 Å². The molecule has 4 saturated carbocycles. The predicted molar refractivity (Wildman–Crippen MR) is 202 cm³/mol. The monoisotopic (exact) mass is 800 g/mol. The zero-order valence-electron chi connectivity index (χ0n) is 34.6. The fourth-order valence-corrected chi connectivity index (χ4v) is 13.6. The van der Waals surface area contributed by atoms with Crippen molar-refractivity contribution < 1.29 is 70.0 Å². The van der Waals surface area contributed by atoms with Gasteiger partial charge in [0, 0.05) is 0 Å². The smallest absolute Gasteiger partial charge is 0.187 e. The van der Waals surface area contributed by atoms with Crippen LogP contribution in [-0.4, -0.2) is 150 Å². The van der Waals surface area contributed by atoms with Crippen molar-refractivity contribution in [2.24, 2.45) is 45.3 Å². The van der Waals surface area contributed by atoms with Gasteiger partial charge < -0.3 is 70.0 Å². The summed E-state index contributed by atoms with van der Waals surface area (Å²) in [5, 5.41) is 108.